The smallest absolute Gasteiger partial charge is 0.242 e. The molecule has 0 saturated carbocycles. The third-order valence-corrected chi connectivity index (χ3v) is 6.21. The molecule has 0 bridgehead atoms. The Bertz CT molecular complexity index is 843. The Labute approximate surface area is 189 Å². The predicted molar refractivity (Wildman–Crippen MR) is 127 cm³/mol. The summed E-state index contributed by atoms with van der Waals surface area (Å²) in [6.07, 6.45) is 1.94. The first-order valence-electron chi connectivity index (χ1n) is 10.4. The van der Waals surface area contributed by atoms with Crippen LogP contribution in [0.15, 0.2) is 48.5 Å². The molecular formula is C24H31ClN2O2S. The van der Waals surface area contributed by atoms with Crippen molar-refractivity contribution in [2.45, 2.75) is 52.0 Å². The van der Waals surface area contributed by atoms with Crippen molar-refractivity contribution in [3.63, 3.8) is 0 Å². The Kier molecular flexibility index (Phi) is 10.2. The van der Waals surface area contributed by atoms with Gasteiger partial charge >= 0.3 is 0 Å². The number of nitrogens with zero attached hydrogens (tertiary/aromatic N) is 1. The van der Waals surface area contributed by atoms with Crippen LogP contribution < -0.4 is 5.32 Å². The Balaban J connectivity index is 2.05. The minimum absolute atomic E-state index is 0.0494. The number of unbranched alkanes of at least 4 members (excludes halogenated alkanes) is 1. The summed E-state index contributed by atoms with van der Waals surface area (Å²) in [5.74, 6) is 0.789. The highest BCUT2D eigenvalue weighted by molar-refractivity contribution is 7.99. The quantitative estimate of drug-likeness (QED) is 0.481. The largest absolute Gasteiger partial charge is 0.354 e. The number of rotatable bonds is 11. The first-order chi connectivity index (χ1) is 14.4. The summed E-state index contributed by atoms with van der Waals surface area (Å²) >= 11 is 7.73. The fourth-order valence-electron chi connectivity index (χ4n) is 3.07. The molecule has 2 amide bonds. The molecule has 4 nitrogen and oxygen atoms in total. The van der Waals surface area contributed by atoms with Gasteiger partial charge in [-0.1, -0.05) is 73.0 Å². The molecule has 2 aromatic rings. The number of carbonyl (C=O) groups excluding carboxylic acids is 2. The number of nitrogens with one attached hydrogen (secondary N) is 1. The predicted octanol–water partition coefficient (Wildman–Crippen LogP) is 5.22. The maximum atomic E-state index is 13.1. The third kappa shape index (κ3) is 7.69. The van der Waals surface area contributed by atoms with E-state index in [2.05, 4.69) is 18.3 Å². The molecule has 6 heteroatoms. The van der Waals surface area contributed by atoms with E-state index in [1.54, 1.807) is 11.8 Å². The molecule has 2 aromatic carbocycles. The van der Waals surface area contributed by atoms with Gasteiger partial charge < -0.3 is 10.2 Å². The zero-order valence-corrected chi connectivity index (χ0v) is 19.6. The fraction of sp³-hybridized carbons (Fsp3) is 0.417. The number of benzene rings is 2. The summed E-state index contributed by atoms with van der Waals surface area (Å²) < 4.78 is 0. The van der Waals surface area contributed by atoms with Crippen LogP contribution in [0.25, 0.3) is 0 Å². The lowest BCUT2D eigenvalue weighted by Gasteiger charge is -2.29. The van der Waals surface area contributed by atoms with Gasteiger partial charge in [0.2, 0.25) is 11.8 Å². The highest BCUT2D eigenvalue weighted by Gasteiger charge is 2.25. The van der Waals surface area contributed by atoms with Crippen molar-refractivity contribution < 1.29 is 9.59 Å². The first-order valence-corrected chi connectivity index (χ1v) is 11.9. The van der Waals surface area contributed by atoms with Crippen LogP contribution in [-0.4, -0.2) is 35.1 Å². The molecule has 0 spiro atoms. The molecule has 0 aliphatic heterocycles. The lowest BCUT2D eigenvalue weighted by atomic mass is 10.1. The van der Waals surface area contributed by atoms with Crippen molar-refractivity contribution in [2.75, 3.05) is 12.3 Å². The van der Waals surface area contributed by atoms with Gasteiger partial charge in [-0.2, -0.15) is 0 Å². The van der Waals surface area contributed by atoms with E-state index in [1.165, 1.54) is 11.8 Å². The Morgan fingerprint density at radius 2 is 1.93 bits per heavy atom. The molecule has 30 heavy (non-hydrogen) atoms. The number of hydrogen-bond acceptors (Lipinski definition) is 3. The summed E-state index contributed by atoms with van der Waals surface area (Å²) in [6, 6.07) is 15.2. The minimum atomic E-state index is -0.532. The molecule has 0 saturated heterocycles. The van der Waals surface area contributed by atoms with Crippen molar-refractivity contribution in [3.05, 3.63) is 70.2 Å². The van der Waals surface area contributed by atoms with Crippen LogP contribution in [0.4, 0.5) is 0 Å². The summed E-state index contributed by atoms with van der Waals surface area (Å²) in [4.78, 5) is 27.4. The van der Waals surface area contributed by atoms with E-state index in [0.29, 0.717) is 29.6 Å². The summed E-state index contributed by atoms with van der Waals surface area (Å²) in [5.41, 5.74) is 3.16. The molecular weight excluding hydrogens is 416 g/mol. The van der Waals surface area contributed by atoms with Crippen molar-refractivity contribution in [3.8, 4) is 0 Å². The molecule has 0 unspecified atom stereocenters. The van der Waals surface area contributed by atoms with E-state index < -0.39 is 6.04 Å². The number of amides is 2. The molecule has 0 fully saturated rings. The fourth-order valence-corrected chi connectivity index (χ4v) is 4.27. The zero-order chi connectivity index (χ0) is 21.9. The van der Waals surface area contributed by atoms with E-state index in [4.69, 9.17) is 11.6 Å². The maximum Gasteiger partial charge on any atom is 0.242 e. The van der Waals surface area contributed by atoms with Gasteiger partial charge in [0, 0.05) is 23.9 Å². The zero-order valence-electron chi connectivity index (χ0n) is 18.0. The topological polar surface area (TPSA) is 49.4 Å². The lowest BCUT2D eigenvalue weighted by Crippen LogP contribution is -2.48. The normalized spacial score (nSPS) is 11.7. The molecule has 0 radical (unpaired) electrons. The standard InChI is InChI=1S/C24H31ClN2O2S/c1-4-5-13-26-24(29)19(3)27(15-20-10-8-9-18(2)14-20)23(28)17-30-16-21-11-6-7-12-22(21)25/h6-12,14,19H,4-5,13,15-17H2,1-3H3,(H,26,29)/t19-/m1/s1. The van der Waals surface area contributed by atoms with Crippen molar-refractivity contribution >= 4 is 35.2 Å². The first kappa shape index (κ1) is 24.3. The Morgan fingerprint density at radius 3 is 2.63 bits per heavy atom. The average Bonchev–Trinajstić information content (AvgIpc) is 2.73. The number of aryl methyl sites for hydroxylation is 1. The molecule has 0 aliphatic carbocycles. The molecule has 162 valence electrons. The van der Waals surface area contributed by atoms with Gasteiger partial charge in [-0.25, -0.2) is 0 Å². The van der Waals surface area contributed by atoms with Crippen molar-refractivity contribution in [1.82, 2.24) is 10.2 Å². The Hall–Kier alpha value is -1.98. The number of hydrogen-bond donors (Lipinski definition) is 1. The van der Waals surface area contributed by atoms with Gasteiger partial charge in [0.05, 0.1) is 5.75 Å². The van der Waals surface area contributed by atoms with Gasteiger partial charge in [0.1, 0.15) is 6.04 Å². The summed E-state index contributed by atoms with van der Waals surface area (Å²) in [6.45, 7) is 6.95. The van der Waals surface area contributed by atoms with Crippen LogP contribution in [0.2, 0.25) is 5.02 Å². The van der Waals surface area contributed by atoms with Crippen LogP contribution >= 0.6 is 23.4 Å². The van der Waals surface area contributed by atoms with Gasteiger partial charge in [-0.05, 0) is 37.5 Å². The van der Waals surface area contributed by atoms with Crippen LogP contribution in [-0.2, 0) is 21.9 Å². The van der Waals surface area contributed by atoms with Crippen molar-refractivity contribution in [1.29, 1.82) is 0 Å². The van der Waals surface area contributed by atoms with Crippen LogP contribution in [0, 0.1) is 6.92 Å². The average molecular weight is 447 g/mol. The monoisotopic (exact) mass is 446 g/mol. The van der Waals surface area contributed by atoms with E-state index in [9.17, 15) is 9.59 Å². The number of halogens is 1. The highest BCUT2D eigenvalue weighted by Crippen LogP contribution is 2.21. The number of thioether (sulfide) groups is 1. The molecule has 0 heterocycles. The van der Waals surface area contributed by atoms with E-state index in [1.807, 2.05) is 49.4 Å². The number of carbonyl (C=O) groups is 2. The molecule has 1 atom stereocenters. The SMILES string of the molecule is CCCCNC(=O)[C@@H](C)N(Cc1cccc(C)c1)C(=O)CSCc1ccccc1Cl. The van der Waals surface area contributed by atoms with Crippen LogP contribution in [0.3, 0.4) is 0 Å². The molecule has 0 aliphatic rings. The van der Waals surface area contributed by atoms with E-state index >= 15 is 0 Å². The second-order valence-electron chi connectivity index (χ2n) is 7.42. The minimum Gasteiger partial charge on any atom is -0.354 e. The van der Waals surface area contributed by atoms with Crippen LogP contribution in [0.5, 0.6) is 0 Å². The van der Waals surface area contributed by atoms with E-state index in [-0.39, 0.29) is 11.8 Å². The van der Waals surface area contributed by atoms with Gasteiger partial charge in [0.25, 0.3) is 0 Å². The molecule has 0 aromatic heterocycles. The van der Waals surface area contributed by atoms with E-state index in [0.717, 1.165) is 29.5 Å². The lowest BCUT2D eigenvalue weighted by molar-refractivity contribution is -0.138. The highest BCUT2D eigenvalue weighted by atomic mass is 35.5. The van der Waals surface area contributed by atoms with Gasteiger partial charge in [0.15, 0.2) is 0 Å². The van der Waals surface area contributed by atoms with Gasteiger partial charge in [-0.3, -0.25) is 9.59 Å². The Morgan fingerprint density at radius 1 is 1.17 bits per heavy atom. The molecule has 2 rings (SSSR count). The summed E-state index contributed by atoms with van der Waals surface area (Å²) in [7, 11) is 0. The third-order valence-electron chi connectivity index (χ3n) is 4.87. The van der Waals surface area contributed by atoms with Crippen molar-refractivity contribution in [2.24, 2.45) is 0 Å². The van der Waals surface area contributed by atoms with Crippen LogP contribution in [0.1, 0.15) is 43.4 Å². The second kappa shape index (κ2) is 12.7. The molecule has 1 N–H and O–H groups in total. The van der Waals surface area contributed by atoms with Gasteiger partial charge in [-0.15, -0.1) is 11.8 Å². The summed E-state index contributed by atoms with van der Waals surface area (Å²) in [5, 5.41) is 3.65. The second-order valence-corrected chi connectivity index (χ2v) is 8.81. The maximum absolute atomic E-state index is 13.1.